The Kier molecular flexibility index (Phi) is 7.15. The van der Waals surface area contributed by atoms with Crippen molar-refractivity contribution in [3.05, 3.63) is 66.0 Å². The summed E-state index contributed by atoms with van der Waals surface area (Å²) in [6.45, 7) is 4.41. The maximum atomic E-state index is 13.7. The van der Waals surface area contributed by atoms with Crippen molar-refractivity contribution in [1.82, 2.24) is 19.7 Å². The third-order valence-corrected chi connectivity index (χ3v) is 6.59. The van der Waals surface area contributed by atoms with Gasteiger partial charge in [0.15, 0.2) is 0 Å². The molecule has 8 heteroatoms. The molecule has 1 atom stereocenters. The van der Waals surface area contributed by atoms with Gasteiger partial charge < -0.3 is 9.64 Å². The number of rotatable bonds is 8. The summed E-state index contributed by atoms with van der Waals surface area (Å²) in [5, 5.41) is 0. The largest absolute Gasteiger partial charge is 0.383 e. The molecule has 0 unspecified atom stereocenters. The highest BCUT2D eigenvalue weighted by Crippen LogP contribution is 2.41. The van der Waals surface area contributed by atoms with Crippen molar-refractivity contribution in [2.75, 3.05) is 46.4 Å². The Morgan fingerprint density at radius 1 is 1.06 bits per heavy atom. The predicted molar refractivity (Wildman–Crippen MR) is 122 cm³/mol. The number of methoxy groups -OCH3 is 1. The van der Waals surface area contributed by atoms with E-state index in [1.807, 2.05) is 41.3 Å². The summed E-state index contributed by atoms with van der Waals surface area (Å²) in [6.07, 6.45) is 3.29. The van der Waals surface area contributed by atoms with Gasteiger partial charge in [-0.2, -0.15) is 0 Å². The fraction of sp³-hybridized carbons (Fsp3) is 0.440. The quantitative estimate of drug-likeness (QED) is 0.567. The van der Waals surface area contributed by atoms with Gasteiger partial charge in [0, 0.05) is 65.1 Å². The monoisotopic (exact) mass is 450 g/mol. The van der Waals surface area contributed by atoms with Gasteiger partial charge in [0.05, 0.1) is 18.6 Å². The van der Waals surface area contributed by atoms with Crippen molar-refractivity contribution < 1.29 is 19.1 Å². The standard InChI is InChI=1S/C25H30N4O4/c1-33-15-14-27-10-12-28(13-11-27)22(30)16-25(21-7-3-2-4-8-21)17-23(31)29(24(25)32)19-20-6-5-9-26-18-20/h2-9,18H,10-17,19H2,1H3/t25-/m0/s1. The van der Waals surface area contributed by atoms with Crippen LogP contribution in [0.2, 0.25) is 0 Å². The summed E-state index contributed by atoms with van der Waals surface area (Å²) in [4.78, 5) is 49.5. The lowest BCUT2D eigenvalue weighted by Crippen LogP contribution is -2.51. The van der Waals surface area contributed by atoms with E-state index in [1.165, 1.54) is 4.90 Å². The Morgan fingerprint density at radius 2 is 1.82 bits per heavy atom. The molecule has 2 fully saturated rings. The molecule has 0 bridgehead atoms. The summed E-state index contributed by atoms with van der Waals surface area (Å²) in [5.41, 5.74) is 0.316. The molecule has 3 heterocycles. The Balaban J connectivity index is 1.53. The van der Waals surface area contributed by atoms with E-state index in [-0.39, 0.29) is 37.1 Å². The van der Waals surface area contributed by atoms with E-state index in [0.717, 1.165) is 25.2 Å². The lowest BCUT2D eigenvalue weighted by Gasteiger charge is -2.36. The number of hydrogen-bond acceptors (Lipinski definition) is 6. The highest BCUT2D eigenvalue weighted by molar-refractivity contribution is 6.10. The highest BCUT2D eigenvalue weighted by atomic mass is 16.5. The topological polar surface area (TPSA) is 83.1 Å². The molecule has 1 aromatic carbocycles. The number of carbonyl (C=O) groups is 3. The number of nitrogens with zero attached hydrogens (tertiary/aromatic N) is 4. The van der Waals surface area contributed by atoms with Crippen LogP contribution in [-0.4, -0.2) is 83.8 Å². The number of benzene rings is 1. The van der Waals surface area contributed by atoms with Gasteiger partial charge in [-0.3, -0.25) is 29.2 Å². The van der Waals surface area contributed by atoms with E-state index in [1.54, 1.807) is 25.6 Å². The molecule has 3 amide bonds. The Morgan fingerprint density at radius 3 is 2.48 bits per heavy atom. The number of pyridine rings is 1. The Bertz CT molecular complexity index is 976. The average molecular weight is 451 g/mol. The van der Waals surface area contributed by atoms with E-state index < -0.39 is 5.41 Å². The number of imide groups is 1. The van der Waals surface area contributed by atoms with Gasteiger partial charge in [-0.25, -0.2) is 0 Å². The molecule has 0 spiro atoms. The molecular weight excluding hydrogens is 420 g/mol. The van der Waals surface area contributed by atoms with Crippen LogP contribution in [0.4, 0.5) is 0 Å². The van der Waals surface area contributed by atoms with Gasteiger partial charge >= 0.3 is 0 Å². The van der Waals surface area contributed by atoms with Crippen LogP contribution in [0.25, 0.3) is 0 Å². The molecule has 8 nitrogen and oxygen atoms in total. The summed E-state index contributed by atoms with van der Waals surface area (Å²) in [7, 11) is 1.68. The van der Waals surface area contributed by atoms with Crippen LogP contribution < -0.4 is 0 Å². The van der Waals surface area contributed by atoms with Crippen LogP contribution in [0.5, 0.6) is 0 Å². The Hall–Kier alpha value is -3.10. The molecule has 0 saturated carbocycles. The normalized spacial score (nSPS) is 21.6. The summed E-state index contributed by atoms with van der Waals surface area (Å²) in [6, 6.07) is 12.9. The highest BCUT2D eigenvalue weighted by Gasteiger charge is 2.54. The third-order valence-electron chi connectivity index (χ3n) is 6.59. The molecule has 33 heavy (non-hydrogen) atoms. The van der Waals surface area contributed by atoms with E-state index >= 15 is 0 Å². The zero-order chi connectivity index (χ0) is 23.3. The number of carbonyl (C=O) groups excluding carboxylic acids is 3. The number of piperazine rings is 1. The second-order valence-electron chi connectivity index (χ2n) is 8.66. The van der Waals surface area contributed by atoms with E-state index in [2.05, 4.69) is 9.88 Å². The fourth-order valence-corrected chi connectivity index (χ4v) is 4.67. The van der Waals surface area contributed by atoms with Gasteiger partial charge in [-0.05, 0) is 17.2 Å². The number of aromatic nitrogens is 1. The molecule has 0 N–H and O–H groups in total. The summed E-state index contributed by atoms with van der Waals surface area (Å²) < 4.78 is 5.14. The van der Waals surface area contributed by atoms with E-state index in [9.17, 15) is 14.4 Å². The maximum absolute atomic E-state index is 13.7. The van der Waals surface area contributed by atoms with Crippen LogP contribution in [-0.2, 0) is 31.1 Å². The van der Waals surface area contributed by atoms with Crippen molar-refractivity contribution >= 4 is 17.7 Å². The van der Waals surface area contributed by atoms with Crippen LogP contribution in [0.15, 0.2) is 54.9 Å². The van der Waals surface area contributed by atoms with Gasteiger partial charge in [0.1, 0.15) is 0 Å². The lowest BCUT2D eigenvalue weighted by atomic mass is 9.75. The first-order valence-corrected chi connectivity index (χ1v) is 11.3. The SMILES string of the molecule is COCCN1CCN(C(=O)C[C@@]2(c3ccccc3)CC(=O)N(Cc3cccnc3)C2=O)CC1. The molecule has 4 rings (SSSR count). The smallest absolute Gasteiger partial charge is 0.241 e. The molecule has 2 aliphatic rings. The van der Waals surface area contributed by atoms with Crippen LogP contribution in [0.1, 0.15) is 24.0 Å². The number of likely N-dealkylation sites (tertiary alicyclic amines) is 1. The molecule has 1 aromatic heterocycles. The van der Waals surface area contributed by atoms with Crippen molar-refractivity contribution in [1.29, 1.82) is 0 Å². The second kappa shape index (κ2) is 10.2. The molecule has 2 saturated heterocycles. The predicted octanol–water partition coefficient (Wildman–Crippen LogP) is 1.46. The molecule has 174 valence electrons. The van der Waals surface area contributed by atoms with Crippen molar-refractivity contribution in [2.45, 2.75) is 24.8 Å². The molecule has 0 aliphatic carbocycles. The first-order chi connectivity index (χ1) is 16.0. The minimum atomic E-state index is -1.18. The zero-order valence-corrected chi connectivity index (χ0v) is 19.0. The summed E-state index contributed by atoms with van der Waals surface area (Å²) >= 11 is 0. The first-order valence-electron chi connectivity index (χ1n) is 11.3. The Labute approximate surface area is 194 Å². The minimum Gasteiger partial charge on any atom is -0.383 e. The number of ether oxygens (including phenoxy) is 1. The molecule has 2 aliphatic heterocycles. The molecule has 2 aromatic rings. The van der Waals surface area contributed by atoms with E-state index in [4.69, 9.17) is 4.74 Å². The van der Waals surface area contributed by atoms with E-state index in [0.29, 0.717) is 25.3 Å². The molecule has 0 radical (unpaired) electrons. The van der Waals surface area contributed by atoms with Crippen LogP contribution in [0.3, 0.4) is 0 Å². The van der Waals surface area contributed by atoms with Gasteiger partial charge in [0.25, 0.3) is 0 Å². The zero-order valence-electron chi connectivity index (χ0n) is 19.0. The maximum Gasteiger partial charge on any atom is 0.241 e. The van der Waals surface area contributed by atoms with Gasteiger partial charge in [-0.15, -0.1) is 0 Å². The van der Waals surface area contributed by atoms with Crippen LogP contribution >= 0.6 is 0 Å². The van der Waals surface area contributed by atoms with Crippen LogP contribution in [0, 0.1) is 0 Å². The third kappa shape index (κ3) is 4.96. The van der Waals surface area contributed by atoms with Crippen molar-refractivity contribution in [3.63, 3.8) is 0 Å². The summed E-state index contributed by atoms with van der Waals surface area (Å²) in [5.74, 6) is -0.658. The van der Waals surface area contributed by atoms with Crippen molar-refractivity contribution in [3.8, 4) is 0 Å². The first kappa shape index (κ1) is 23.1. The minimum absolute atomic E-state index is 0.00431. The van der Waals surface area contributed by atoms with Gasteiger partial charge in [-0.1, -0.05) is 36.4 Å². The van der Waals surface area contributed by atoms with Gasteiger partial charge in [0.2, 0.25) is 17.7 Å². The molecular formula is C25H30N4O4. The lowest BCUT2D eigenvalue weighted by molar-refractivity contribution is -0.143. The number of amides is 3. The number of hydrogen-bond donors (Lipinski definition) is 0. The second-order valence-corrected chi connectivity index (χ2v) is 8.66. The average Bonchev–Trinajstić information content (AvgIpc) is 3.09. The fourth-order valence-electron chi connectivity index (χ4n) is 4.67. The van der Waals surface area contributed by atoms with Crippen molar-refractivity contribution in [2.24, 2.45) is 0 Å².